The molecule has 0 aromatic heterocycles. The Morgan fingerprint density at radius 2 is 1.59 bits per heavy atom. The summed E-state index contributed by atoms with van der Waals surface area (Å²) in [5, 5.41) is 10.1. The number of fused-ring (bicyclic) bond motifs is 1. The maximum absolute atomic E-state index is 12.6. The van der Waals surface area contributed by atoms with Crippen molar-refractivity contribution in [1.82, 2.24) is 14.1 Å². The normalized spacial score (nSPS) is 23.9. The first-order valence-electron chi connectivity index (χ1n) is 12.0. The standard InChI is InChI=1S/C26H35N3O4S/c1-4-34(32,33)28-15-5-6-16-29-23(17-28)25(24(29)18-30)21-11-7-19(8-12-21)20-9-13-22(14-10-20)26(31)27(2)3/h7-14,23-25,30H,4-6,15-18H2,1-3H3/t23-,24-,25+/m1/s1. The van der Waals surface area contributed by atoms with Crippen molar-refractivity contribution in [3.05, 3.63) is 59.7 Å². The molecule has 2 aliphatic rings. The number of aliphatic hydroxyl groups excluding tert-OH is 1. The van der Waals surface area contributed by atoms with Crippen LogP contribution in [0.5, 0.6) is 0 Å². The van der Waals surface area contributed by atoms with E-state index in [1.807, 2.05) is 24.3 Å². The van der Waals surface area contributed by atoms with Crippen LogP contribution in [-0.4, -0.2) is 91.7 Å². The lowest BCUT2D eigenvalue weighted by Crippen LogP contribution is -2.67. The van der Waals surface area contributed by atoms with E-state index in [9.17, 15) is 18.3 Å². The van der Waals surface area contributed by atoms with Crippen molar-refractivity contribution in [3.8, 4) is 11.1 Å². The second kappa shape index (κ2) is 10.2. The van der Waals surface area contributed by atoms with E-state index in [-0.39, 0.29) is 36.3 Å². The van der Waals surface area contributed by atoms with Gasteiger partial charge in [0, 0.05) is 50.7 Å². The maximum atomic E-state index is 12.6. The summed E-state index contributed by atoms with van der Waals surface area (Å²) in [6, 6.07) is 16.0. The summed E-state index contributed by atoms with van der Waals surface area (Å²) in [5.74, 6) is 0.179. The first kappa shape index (κ1) is 24.9. The maximum Gasteiger partial charge on any atom is 0.253 e. The van der Waals surface area contributed by atoms with Crippen LogP contribution in [0, 0.1) is 0 Å². The number of carbonyl (C=O) groups is 1. The third-order valence-electron chi connectivity index (χ3n) is 7.26. The largest absolute Gasteiger partial charge is 0.395 e. The molecule has 1 N–H and O–H groups in total. The number of aliphatic hydroxyl groups is 1. The van der Waals surface area contributed by atoms with Crippen LogP contribution < -0.4 is 0 Å². The fourth-order valence-electron chi connectivity index (χ4n) is 5.31. The molecule has 1 amide bonds. The first-order valence-corrected chi connectivity index (χ1v) is 13.6. The molecule has 184 valence electrons. The van der Waals surface area contributed by atoms with Crippen molar-refractivity contribution in [1.29, 1.82) is 0 Å². The highest BCUT2D eigenvalue weighted by molar-refractivity contribution is 7.89. The molecule has 0 bridgehead atoms. The van der Waals surface area contributed by atoms with E-state index < -0.39 is 10.0 Å². The molecule has 34 heavy (non-hydrogen) atoms. The van der Waals surface area contributed by atoms with Gasteiger partial charge in [0.1, 0.15) is 0 Å². The van der Waals surface area contributed by atoms with Crippen molar-refractivity contribution < 1.29 is 18.3 Å². The Bertz CT molecular complexity index is 1100. The van der Waals surface area contributed by atoms with Crippen molar-refractivity contribution in [2.75, 3.05) is 46.1 Å². The average Bonchev–Trinajstić information content (AvgIpc) is 2.83. The average molecular weight is 486 g/mol. The number of benzene rings is 2. The molecule has 0 spiro atoms. The lowest BCUT2D eigenvalue weighted by atomic mass is 9.74. The van der Waals surface area contributed by atoms with Gasteiger partial charge in [0.25, 0.3) is 5.91 Å². The second-order valence-electron chi connectivity index (χ2n) is 9.45. The summed E-state index contributed by atoms with van der Waals surface area (Å²) in [6.07, 6.45) is 1.78. The predicted octanol–water partition coefficient (Wildman–Crippen LogP) is 2.63. The van der Waals surface area contributed by atoms with E-state index in [0.717, 1.165) is 36.1 Å². The number of rotatable bonds is 6. The number of hydrogen-bond acceptors (Lipinski definition) is 5. The van der Waals surface area contributed by atoms with Crippen molar-refractivity contribution >= 4 is 15.9 Å². The Balaban J connectivity index is 1.55. The molecule has 2 heterocycles. The molecule has 2 aliphatic heterocycles. The lowest BCUT2D eigenvalue weighted by Gasteiger charge is -2.57. The minimum Gasteiger partial charge on any atom is -0.395 e. The van der Waals surface area contributed by atoms with E-state index >= 15 is 0 Å². The Morgan fingerprint density at radius 3 is 2.15 bits per heavy atom. The molecule has 0 saturated carbocycles. The quantitative estimate of drug-likeness (QED) is 0.680. The van der Waals surface area contributed by atoms with Gasteiger partial charge in [-0.2, -0.15) is 0 Å². The Labute approximate surface area is 203 Å². The minimum atomic E-state index is -3.25. The summed E-state index contributed by atoms with van der Waals surface area (Å²) in [5.41, 5.74) is 3.86. The summed E-state index contributed by atoms with van der Waals surface area (Å²) in [7, 11) is 0.225. The van der Waals surface area contributed by atoms with Crippen molar-refractivity contribution in [3.63, 3.8) is 0 Å². The fraction of sp³-hybridized carbons (Fsp3) is 0.500. The molecule has 2 saturated heterocycles. The Morgan fingerprint density at radius 1 is 1.00 bits per heavy atom. The van der Waals surface area contributed by atoms with Crippen LogP contribution in [-0.2, 0) is 10.0 Å². The Kier molecular flexibility index (Phi) is 7.42. The zero-order valence-corrected chi connectivity index (χ0v) is 21.0. The minimum absolute atomic E-state index is 0.0106. The predicted molar refractivity (Wildman–Crippen MR) is 134 cm³/mol. The lowest BCUT2D eigenvalue weighted by molar-refractivity contribution is -0.0553. The van der Waals surface area contributed by atoms with Gasteiger partial charge in [-0.3, -0.25) is 9.69 Å². The van der Waals surface area contributed by atoms with Gasteiger partial charge < -0.3 is 10.0 Å². The van der Waals surface area contributed by atoms with Gasteiger partial charge >= 0.3 is 0 Å². The molecule has 7 nitrogen and oxygen atoms in total. The second-order valence-corrected chi connectivity index (χ2v) is 11.7. The topological polar surface area (TPSA) is 81.2 Å². The molecule has 2 aromatic carbocycles. The molecular weight excluding hydrogens is 450 g/mol. The Hall–Kier alpha value is -2.26. The van der Waals surface area contributed by atoms with Gasteiger partial charge in [-0.15, -0.1) is 0 Å². The molecule has 0 aliphatic carbocycles. The van der Waals surface area contributed by atoms with Gasteiger partial charge in [0.2, 0.25) is 10.0 Å². The molecule has 0 unspecified atom stereocenters. The number of hydrogen-bond donors (Lipinski definition) is 1. The third kappa shape index (κ3) is 4.77. The number of nitrogens with zero attached hydrogens (tertiary/aromatic N) is 3. The van der Waals surface area contributed by atoms with Crippen LogP contribution >= 0.6 is 0 Å². The zero-order valence-electron chi connectivity index (χ0n) is 20.2. The van der Waals surface area contributed by atoms with Crippen molar-refractivity contribution in [2.24, 2.45) is 0 Å². The van der Waals surface area contributed by atoms with Gasteiger partial charge in [0.05, 0.1) is 12.4 Å². The highest BCUT2D eigenvalue weighted by atomic mass is 32.2. The molecule has 3 atom stereocenters. The molecule has 8 heteroatoms. The van der Waals surface area contributed by atoms with Crippen molar-refractivity contribution in [2.45, 2.75) is 37.8 Å². The van der Waals surface area contributed by atoms with Crippen LogP contribution in [0.15, 0.2) is 48.5 Å². The smallest absolute Gasteiger partial charge is 0.253 e. The highest BCUT2D eigenvalue weighted by Gasteiger charge is 2.50. The summed E-state index contributed by atoms with van der Waals surface area (Å²) in [6.45, 7) is 3.69. The van der Waals surface area contributed by atoms with E-state index in [1.54, 1.807) is 30.2 Å². The van der Waals surface area contributed by atoms with Gasteiger partial charge in [-0.1, -0.05) is 36.4 Å². The van der Waals surface area contributed by atoms with E-state index in [1.165, 1.54) is 0 Å². The third-order valence-corrected chi connectivity index (χ3v) is 9.11. The number of amides is 1. The molecule has 2 fully saturated rings. The van der Waals surface area contributed by atoms with E-state index in [0.29, 0.717) is 18.7 Å². The first-order chi connectivity index (χ1) is 16.3. The van der Waals surface area contributed by atoms with Crippen LogP contribution in [0.2, 0.25) is 0 Å². The zero-order chi connectivity index (χ0) is 24.5. The monoisotopic (exact) mass is 485 g/mol. The summed E-state index contributed by atoms with van der Waals surface area (Å²) in [4.78, 5) is 16.0. The van der Waals surface area contributed by atoms with Gasteiger partial charge in [0.15, 0.2) is 0 Å². The van der Waals surface area contributed by atoms with E-state index in [4.69, 9.17) is 0 Å². The van der Waals surface area contributed by atoms with Crippen LogP contribution in [0.4, 0.5) is 0 Å². The molecule has 2 aromatic rings. The van der Waals surface area contributed by atoms with E-state index in [2.05, 4.69) is 29.2 Å². The molecule has 4 rings (SSSR count). The highest BCUT2D eigenvalue weighted by Crippen LogP contribution is 2.42. The molecule has 0 radical (unpaired) electrons. The van der Waals surface area contributed by atoms with Crippen LogP contribution in [0.1, 0.15) is 41.6 Å². The number of carbonyl (C=O) groups excluding carboxylic acids is 1. The molecular formula is C26H35N3O4S. The van der Waals surface area contributed by atoms with Gasteiger partial charge in [-0.25, -0.2) is 12.7 Å². The van der Waals surface area contributed by atoms with Crippen LogP contribution in [0.3, 0.4) is 0 Å². The van der Waals surface area contributed by atoms with Gasteiger partial charge in [-0.05, 0) is 55.1 Å². The number of sulfonamides is 1. The SMILES string of the molecule is CCS(=O)(=O)N1CCCCN2[C@H](CO)[C@@H](c3ccc(-c4ccc(C(=O)N(C)C)cc4)cc3)[C@H]2C1. The summed E-state index contributed by atoms with van der Waals surface area (Å²) >= 11 is 0. The van der Waals surface area contributed by atoms with Crippen LogP contribution in [0.25, 0.3) is 11.1 Å². The fourth-order valence-corrected chi connectivity index (χ4v) is 6.46. The summed E-state index contributed by atoms with van der Waals surface area (Å²) < 4.78 is 26.9.